The maximum atomic E-state index is 13.2. The fourth-order valence-corrected chi connectivity index (χ4v) is 2.19. The van der Waals surface area contributed by atoms with E-state index in [4.69, 9.17) is 10.8 Å². The quantitative estimate of drug-likeness (QED) is 0.635. The van der Waals surface area contributed by atoms with Crippen molar-refractivity contribution >= 4 is 5.82 Å². The number of aliphatic hydroxyl groups excluding tert-OH is 1. The van der Waals surface area contributed by atoms with E-state index in [2.05, 4.69) is 4.98 Å². The SMILES string of the molecule is C[C@@]1(O)[C@@H](CO)C[C@H]1n1cc(F)c(N)nc1=O. The first-order valence-electron chi connectivity index (χ1n) is 5.25. The summed E-state index contributed by atoms with van der Waals surface area (Å²) in [5, 5.41) is 19.1. The predicted molar refractivity (Wildman–Crippen MR) is 57.7 cm³/mol. The largest absolute Gasteiger partial charge is 0.396 e. The number of hydrogen-bond acceptors (Lipinski definition) is 5. The van der Waals surface area contributed by atoms with Crippen LogP contribution in [0.2, 0.25) is 0 Å². The zero-order chi connectivity index (χ0) is 12.8. The average molecular weight is 243 g/mol. The summed E-state index contributed by atoms with van der Waals surface area (Å²) < 4.78 is 14.3. The second-order valence-electron chi connectivity index (χ2n) is 4.52. The van der Waals surface area contributed by atoms with Gasteiger partial charge in [0, 0.05) is 18.7 Å². The lowest BCUT2D eigenvalue weighted by Gasteiger charge is -2.49. The van der Waals surface area contributed by atoms with Crippen molar-refractivity contribution in [3.8, 4) is 0 Å². The summed E-state index contributed by atoms with van der Waals surface area (Å²) in [5.74, 6) is -1.57. The Balaban J connectivity index is 2.38. The molecule has 17 heavy (non-hydrogen) atoms. The highest BCUT2D eigenvalue weighted by molar-refractivity contribution is 5.27. The highest BCUT2D eigenvalue weighted by Crippen LogP contribution is 2.46. The van der Waals surface area contributed by atoms with Crippen LogP contribution in [-0.4, -0.2) is 32.0 Å². The maximum Gasteiger partial charge on any atom is 0.350 e. The summed E-state index contributed by atoms with van der Waals surface area (Å²) in [6, 6.07) is -0.588. The predicted octanol–water partition coefficient (Wildman–Crippen LogP) is -0.731. The van der Waals surface area contributed by atoms with E-state index in [0.717, 1.165) is 10.8 Å². The van der Waals surface area contributed by atoms with E-state index in [1.807, 2.05) is 0 Å². The number of nitrogens with zero attached hydrogens (tertiary/aromatic N) is 2. The Kier molecular flexibility index (Phi) is 2.67. The van der Waals surface area contributed by atoms with Crippen LogP contribution in [0.15, 0.2) is 11.0 Å². The molecule has 1 aromatic rings. The molecule has 0 amide bonds. The lowest BCUT2D eigenvalue weighted by molar-refractivity contribution is -0.144. The van der Waals surface area contributed by atoms with Crippen molar-refractivity contribution in [1.29, 1.82) is 0 Å². The Morgan fingerprint density at radius 1 is 1.76 bits per heavy atom. The van der Waals surface area contributed by atoms with E-state index in [0.29, 0.717) is 6.42 Å². The van der Waals surface area contributed by atoms with Crippen molar-refractivity contribution in [2.45, 2.75) is 25.0 Å². The molecule has 1 aliphatic rings. The van der Waals surface area contributed by atoms with E-state index >= 15 is 0 Å². The lowest BCUT2D eigenvalue weighted by Crippen LogP contribution is -2.57. The van der Waals surface area contributed by atoms with Gasteiger partial charge in [0.15, 0.2) is 11.6 Å². The number of nitrogen functional groups attached to an aromatic ring is 1. The number of anilines is 1. The molecule has 0 bridgehead atoms. The Bertz CT molecular complexity index is 500. The minimum atomic E-state index is -1.25. The molecule has 94 valence electrons. The summed E-state index contributed by atoms with van der Waals surface area (Å²) in [6.07, 6.45) is 1.34. The molecule has 0 aliphatic heterocycles. The van der Waals surface area contributed by atoms with Crippen molar-refractivity contribution in [3.63, 3.8) is 0 Å². The Morgan fingerprint density at radius 3 is 2.94 bits per heavy atom. The third-order valence-electron chi connectivity index (χ3n) is 3.50. The molecule has 1 heterocycles. The smallest absolute Gasteiger partial charge is 0.350 e. The standard InChI is InChI=1S/C10H14FN3O3/c1-10(17)5(4-15)2-7(10)14-3-6(11)8(12)13-9(14)16/h3,5,7,15,17H,2,4H2,1H3,(H2,12,13,16)/t5-,7-,10-/m1/s1. The van der Waals surface area contributed by atoms with E-state index in [1.165, 1.54) is 6.92 Å². The molecule has 1 saturated carbocycles. The van der Waals surface area contributed by atoms with Gasteiger partial charge in [-0.3, -0.25) is 4.57 Å². The first-order chi connectivity index (χ1) is 7.87. The second kappa shape index (κ2) is 3.78. The highest BCUT2D eigenvalue weighted by atomic mass is 19.1. The minimum Gasteiger partial charge on any atom is -0.396 e. The fraction of sp³-hybridized carbons (Fsp3) is 0.600. The molecule has 6 nitrogen and oxygen atoms in total. The summed E-state index contributed by atoms with van der Waals surface area (Å²) in [6.45, 7) is 1.33. The van der Waals surface area contributed by atoms with Crippen LogP contribution in [0.5, 0.6) is 0 Å². The first-order valence-corrected chi connectivity index (χ1v) is 5.25. The van der Waals surface area contributed by atoms with Crippen molar-refractivity contribution in [1.82, 2.24) is 9.55 Å². The molecule has 1 fully saturated rings. The molecule has 0 spiro atoms. The van der Waals surface area contributed by atoms with Crippen molar-refractivity contribution in [3.05, 3.63) is 22.5 Å². The molecule has 0 saturated heterocycles. The summed E-state index contributed by atoms with van der Waals surface area (Å²) in [5.41, 5.74) is 3.22. The number of nitrogens with two attached hydrogens (primary N) is 1. The van der Waals surface area contributed by atoms with Gasteiger partial charge in [-0.25, -0.2) is 9.18 Å². The van der Waals surface area contributed by atoms with Crippen LogP contribution in [0.1, 0.15) is 19.4 Å². The van der Waals surface area contributed by atoms with Gasteiger partial charge in [0.2, 0.25) is 0 Å². The fourth-order valence-electron chi connectivity index (χ4n) is 2.19. The molecular formula is C10H14FN3O3. The zero-order valence-electron chi connectivity index (χ0n) is 9.30. The second-order valence-corrected chi connectivity index (χ2v) is 4.52. The van der Waals surface area contributed by atoms with E-state index in [9.17, 15) is 14.3 Å². The maximum absolute atomic E-state index is 13.2. The summed E-state index contributed by atoms with van der Waals surface area (Å²) in [7, 11) is 0. The Morgan fingerprint density at radius 2 is 2.41 bits per heavy atom. The van der Waals surface area contributed by atoms with E-state index in [-0.39, 0.29) is 12.5 Å². The topological polar surface area (TPSA) is 101 Å². The molecule has 4 N–H and O–H groups in total. The molecule has 0 aromatic carbocycles. The number of hydrogen-bond donors (Lipinski definition) is 3. The molecule has 3 atom stereocenters. The third kappa shape index (κ3) is 1.71. The van der Waals surface area contributed by atoms with Crippen LogP contribution in [0.4, 0.5) is 10.2 Å². The van der Waals surface area contributed by atoms with E-state index in [1.54, 1.807) is 0 Å². The van der Waals surface area contributed by atoms with Crippen LogP contribution in [0, 0.1) is 11.7 Å². The molecule has 2 rings (SSSR count). The van der Waals surface area contributed by atoms with Crippen molar-refractivity contribution in [2.24, 2.45) is 5.92 Å². The Labute approximate surface area is 96.5 Å². The van der Waals surface area contributed by atoms with Crippen molar-refractivity contribution in [2.75, 3.05) is 12.3 Å². The summed E-state index contributed by atoms with van der Waals surface area (Å²) in [4.78, 5) is 14.9. The number of aliphatic hydroxyl groups is 2. The number of aromatic nitrogens is 2. The molecule has 0 unspecified atom stereocenters. The zero-order valence-corrected chi connectivity index (χ0v) is 9.30. The van der Waals surface area contributed by atoms with Crippen LogP contribution >= 0.6 is 0 Å². The average Bonchev–Trinajstić information content (AvgIpc) is 2.24. The number of halogens is 1. The van der Waals surface area contributed by atoms with Gasteiger partial charge in [-0.2, -0.15) is 4.98 Å². The van der Waals surface area contributed by atoms with Gasteiger partial charge in [0.05, 0.1) is 11.6 Å². The van der Waals surface area contributed by atoms with Gasteiger partial charge in [-0.1, -0.05) is 0 Å². The minimum absolute atomic E-state index is 0.177. The lowest BCUT2D eigenvalue weighted by atomic mass is 9.66. The van der Waals surface area contributed by atoms with Crippen molar-refractivity contribution < 1.29 is 14.6 Å². The number of rotatable bonds is 2. The van der Waals surface area contributed by atoms with E-state index < -0.39 is 29.0 Å². The van der Waals surface area contributed by atoms with Gasteiger partial charge >= 0.3 is 5.69 Å². The first kappa shape index (κ1) is 12.0. The monoisotopic (exact) mass is 243 g/mol. The van der Waals surface area contributed by atoms with Crippen LogP contribution < -0.4 is 11.4 Å². The molecule has 0 radical (unpaired) electrons. The summed E-state index contributed by atoms with van der Waals surface area (Å²) >= 11 is 0. The van der Waals surface area contributed by atoms with Gasteiger partial charge in [-0.05, 0) is 13.3 Å². The van der Waals surface area contributed by atoms with Crippen LogP contribution in [-0.2, 0) is 0 Å². The van der Waals surface area contributed by atoms with Gasteiger partial charge in [0.1, 0.15) is 0 Å². The van der Waals surface area contributed by atoms with Gasteiger partial charge < -0.3 is 15.9 Å². The molecular weight excluding hydrogens is 229 g/mol. The molecule has 7 heteroatoms. The van der Waals surface area contributed by atoms with Crippen LogP contribution in [0.25, 0.3) is 0 Å². The third-order valence-corrected chi connectivity index (χ3v) is 3.50. The normalized spacial score (nSPS) is 32.2. The van der Waals surface area contributed by atoms with Gasteiger partial charge in [0.25, 0.3) is 0 Å². The Hall–Kier alpha value is -1.47. The molecule has 1 aromatic heterocycles. The highest BCUT2D eigenvalue weighted by Gasteiger charge is 2.51. The molecule has 1 aliphatic carbocycles. The van der Waals surface area contributed by atoms with Crippen LogP contribution in [0.3, 0.4) is 0 Å². The van der Waals surface area contributed by atoms with Gasteiger partial charge in [-0.15, -0.1) is 0 Å².